The highest BCUT2D eigenvalue weighted by Gasteiger charge is 2.15. The van der Waals surface area contributed by atoms with Gasteiger partial charge in [0.25, 0.3) is 0 Å². The van der Waals surface area contributed by atoms with Gasteiger partial charge in [0, 0.05) is 22.4 Å². The van der Waals surface area contributed by atoms with Crippen molar-refractivity contribution in [3.8, 4) is 11.3 Å². The number of nitrogens with zero attached hydrogens (tertiary/aromatic N) is 3. The molecule has 4 heteroatoms. The van der Waals surface area contributed by atoms with Crippen LogP contribution in [0.2, 0.25) is 0 Å². The molecule has 0 spiro atoms. The molecule has 5 aromatic rings. The molecule has 0 amide bonds. The van der Waals surface area contributed by atoms with Crippen LogP contribution in [-0.4, -0.2) is 14.8 Å². The topological polar surface area (TPSA) is 43.3 Å². The molecule has 0 bridgehead atoms. The molecule has 3 aromatic heterocycles. The Bertz CT molecular complexity index is 1170. The molecule has 0 unspecified atom stereocenters. The van der Waals surface area contributed by atoms with E-state index in [1.807, 2.05) is 22.8 Å². The zero-order chi connectivity index (χ0) is 15.4. The zero-order valence-corrected chi connectivity index (χ0v) is 12.5. The SMILES string of the molecule is Cc1cnn2c3cccc(-c4ccon4)c3c3ccccc3c12. The smallest absolute Gasteiger partial charge is 0.124 e. The molecule has 0 aliphatic rings. The molecular formula is C19H13N3O. The summed E-state index contributed by atoms with van der Waals surface area (Å²) in [6, 6.07) is 16.6. The first kappa shape index (κ1) is 12.4. The van der Waals surface area contributed by atoms with Gasteiger partial charge in [0.2, 0.25) is 0 Å². The molecule has 0 saturated heterocycles. The summed E-state index contributed by atoms with van der Waals surface area (Å²) in [7, 11) is 0. The van der Waals surface area contributed by atoms with E-state index in [2.05, 4.69) is 53.6 Å². The first-order chi connectivity index (χ1) is 11.3. The van der Waals surface area contributed by atoms with Crippen molar-refractivity contribution in [1.29, 1.82) is 0 Å². The van der Waals surface area contributed by atoms with Crippen molar-refractivity contribution in [1.82, 2.24) is 14.8 Å². The van der Waals surface area contributed by atoms with Crippen LogP contribution in [-0.2, 0) is 0 Å². The molecule has 3 heterocycles. The van der Waals surface area contributed by atoms with Crippen molar-refractivity contribution < 1.29 is 4.52 Å². The summed E-state index contributed by atoms with van der Waals surface area (Å²) in [5.41, 5.74) is 5.30. The fourth-order valence-electron chi connectivity index (χ4n) is 3.41. The average molecular weight is 299 g/mol. The summed E-state index contributed by atoms with van der Waals surface area (Å²) < 4.78 is 7.07. The lowest BCUT2D eigenvalue weighted by Gasteiger charge is -2.11. The minimum atomic E-state index is 0.837. The molecule has 0 fully saturated rings. The van der Waals surface area contributed by atoms with E-state index in [1.54, 1.807) is 6.26 Å². The molecule has 23 heavy (non-hydrogen) atoms. The van der Waals surface area contributed by atoms with Crippen molar-refractivity contribution >= 4 is 27.2 Å². The number of fused-ring (bicyclic) bond motifs is 6. The normalized spacial score (nSPS) is 11.7. The molecule has 0 N–H and O–H groups in total. The van der Waals surface area contributed by atoms with Gasteiger partial charge in [-0.15, -0.1) is 0 Å². The summed E-state index contributed by atoms with van der Waals surface area (Å²) in [5.74, 6) is 0. The largest absolute Gasteiger partial charge is 0.364 e. The standard InChI is InChI=1S/C19H13N3O/c1-12-11-20-22-17-8-4-7-15(16-9-10-23-21-16)18(17)13-5-2-3-6-14(13)19(12)22/h2-11H,1H3. The lowest BCUT2D eigenvalue weighted by atomic mass is 9.98. The van der Waals surface area contributed by atoms with E-state index in [9.17, 15) is 0 Å². The minimum absolute atomic E-state index is 0.837. The molecule has 0 aliphatic heterocycles. The Hall–Kier alpha value is -3.14. The summed E-state index contributed by atoms with van der Waals surface area (Å²) >= 11 is 0. The summed E-state index contributed by atoms with van der Waals surface area (Å²) in [4.78, 5) is 0. The fourth-order valence-corrected chi connectivity index (χ4v) is 3.41. The van der Waals surface area contributed by atoms with Crippen molar-refractivity contribution in [2.45, 2.75) is 6.92 Å². The van der Waals surface area contributed by atoms with E-state index in [1.165, 1.54) is 16.3 Å². The van der Waals surface area contributed by atoms with Crippen LogP contribution in [0.25, 0.3) is 38.4 Å². The van der Waals surface area contributed by atoms with Crippen LogP contribution in [0.1, 0.15) is 5.56 Å². The number of pyridine rings is 1. The predicted octanol–water partition coefficient (Wildman–Crippen LogP) is 4.60. The second-order valence-electron chi connectivity index (χ2n) is 5.72. The predicted molar refractivity (Wildman–Crippen MR) is 90.4 cm³/mol. The monoisotopic (exact) mass is 299 g/mol. The highest BCUT2D eigenvalue weighted by Crippen LogP contribution is 2.36. The maximum atomic E-state index is 5.05. The lowest BCUT2D eigenvalue weighted by molar-refractivity contribution is 0.422. The molecule has 0 saturated carbocycles. The van der Waals surface area contributed by atoms with Gasteiger partial charge in [-0.05, 0) is 23.9 Å². The Morgan fingerprint density at radius 3 is 2.65 bits per heavy atom. The maximum absolute atomic E-state index is 5.05. The van der Waals surface area contributed by atoms with Crippen LogP contribution in [0.15, 0.2) is 65.5 Å². The second-order valence-corrected chi connectivity index (χ2v) is 5.72. The maximum Gasteiger partial charge on any atom is 0.124 e. The molecule has 110 valence electrons. The van der Waals surface area contributed by atoms with Gasteiger partial charge in [-0.25, -0.2) is 4.52 Å². The highest BCUT2D eigenvalue weighted by molar-refractivity contribution is 6.17. The first-order valence-corrected chi connectivity index (χ1v) is 7.53. The third kappa shape index (κ3) is 1.60. The third-order valence-corrected chi connectivity index (χ3v) is 4.39. The Morgan fingerprint density at radius 1 is 0.957 bits per heavy atom. The van der Waals surface area contributed by atoms with E-state index in [0.29, 0.717) is 0 Å². The zero-order valence-electron chi connectivity index (χ0n) is 12.5. The van der Waals surface area contributed by atoms with Crippen LogP contribution in [0.4, 0.5) is 0 Å². The van der Waals surface area contributed by atoms with Gasteiger partial charge >= 0.3 is 0 Å². The van der Waals surface area contributed by atoms with E-state index in [0.717, 1.165) is 27.7 Å². The quantitative estimate of drug-likeness (QED) is 0.425. The molecule has 0 atom stereocenters. The molecule has 0 aliphatic carbocycles. The second kappa shape index (κ2) is 4.43. The van der Waals surface area contributed by atoms with Crippen molar-refractivity contribution in [3.05, 3.63) is 66.6 Å². The summed E-state index contributed by atoms with van der Waals surface area (Å²) in [6.45, 7) is 2.10. The Balaban J connectivity index is 2.13. The third-order valence-electron chi connectivity index (χ3n) is 4.39. The molecule has 0 radical (unpaired) electrons. The van der Waals surface area contributed by atoms with Gasteiger partial charge in [-0.2, -0.15) is 5.10 Å². The summed E-state index contributed by atoms with van der Waals surface area (Å²) in [5, 5.41) is 12.3. The average Bonchev–Trinajstić information content (AvgIpc) is 3.25. The number of aryl methyl sites for hydroxylation is 1. The molecule has 2 aromatic carbocycles. The van der Waals surface area contributed by atoms with Crippen LogP contribution in [0.5, 0.6) is 0 Å². The van der Waals surface area contributed by atoms with Gasteiger partial charge in [0.15, 0.2) is 0 Å². The van der Waals surface area contributed by atoms with Crippen LogP contribution < -0.4 is 0 Å². The molecule has 5 rings (SSSR count). The highest BCUT2D eigenvalue weighted by atomic mass is 16.5. The first-order valence-electron chi connectivity index (χ1n) is 7.53. The van der Waals surface area contributed by atoms with Crippen LogP contribution in [0, 0.1) is 6.92 Å². The fraction of sp³-hybridized carbons (Fsp3) is 0.0526. The Morgan fingerprint density at radius 2 is 1.83 bits per heavy atom. The van der Waals surface area contributed by atoms with Gasteiger partial charge < -0.3 is 4.52 Å². The number of hydrogen-bond donors (Lipinski definition) is 0. The van der Waals surface area contributed by atoms with E-state index >= 15 is 0 Å². The van der Waals surface area contributed by atoms with E-state index in [-0.39, 0.29) is 0 Å². The van der Waals surface area contributed by atoms with Gasteiger partial charge in [-0.1, -0.05) is 41.6 Å². The number of hydrogen-bond acceptors (Lipinski definition) is 3. The number of benzene rings is 2. The van der Waals surface area contributed by atoms with Gasteiger partial charge in [0.05, 0.1) is 17.2 Å². The summed E-state index contributed by atoms with van der Waals surface area (Å²) in [6.07, 6.45) is 3.52. The van der Waals surface area contributed by atoms with Gasteiger partial charge in [0.1, 0.15) is 12.0 Å². The van der Waals surface area contributed by atoms with Crippen LogP contribution >= 0.6 is 0 Å². The molecule has 4 nitrogen and oxygen atoms in total. The van der Waals surface area contributed by atoms with Crippen molar-refractivity contribution in [2.24, 2.45) is 0 Å². The lowest BCUT2D eigenvalue weighted by Crippen LogP contribution is -1.94. The Kier molecular flexibility index (Phi) is 2.39. The van der Waals surface area contributed by atoms with E-state index < -0.39 is 0 Å². The van der Waals surface area contributed by atoms with Crippen molar-refractivity contribution in [2.75, 3.05) is 0 Å². The van der Waals surface area contributed by atoms with Crippen LogP contribution in [0.3, 0.4) is 0 Å². The number of aromatic nitrogens is 3. The van der Waals surface area contributed by atoms with Gasteiger partial charge in [-0.3, -0.25) is 0 Å². The molecular weight excluding hydrogens is 286 g/mol. The minimum Gasteiger partial charge on any atom is -0.364 e. The van der Waals surface area contributed by atoms with E-state index in [4.69, 9.17) is 4.52 Å². The number of rotatable bonds is 1. The van der Waals surface area contributed by atoms with Crippen molar-refractivity contribution in [3.63, 3.8) is 0 Å². The Labute approximate surface area is 131 Å².